The average Bonchev–Trinajstić information content (AvgIpc) is 3.03. The maximum absolute atomic E-state index is 12.1. The molecule has 134 valence electrons. The van der Waals surface area contributed by atoms with Crippen LogP contribution in [0.5, 0.6) is 0 Å². The zero-order chi connectivity index (χ0) is 18.7. The van der Waals surface area contributed by atoms with Gasteiger partial charge in [-0.25, -0.2) is 4.79 Å². The summed E-state index contributed by atoms with van der Waals surface area (Å²) in [4.78, 5) is 25.3. The number of rotatable bonds is 5. The summed E-state index contributed by atoms with van der Waals surface area (Å²) in [6.45, 7) is 1.50. The molecule has 0 aliphatic carbocycles. The van der Waals surface area contributed by atoms with Crippen molar-refractivity contribution in [2.45, 2.75) is 11.9 Å². The monoisotopic (exact) mass is 370 g/mol. The molecule has 2 amide bonds. The van der Waals surface area contributed by atoms with Crippen molar-refractivity contribution in [3.05, 3.63) is 48.0 Å². The maximum Gasteiger partial charge on any atom is 0.329 e. The highest BCUT2D eigenvalue weighted by atomic mass is 32.2. The number of nitrogens with zero attached hydrogens (tertiary/aromatic N) is 2. The van der Waals surface area contributed by atoms with Crippen molar-refractivity contribution < 1.29 is 14.1 Å². The summed E-state index contributed by atoms with van der Waals surface area (Å²) < 4.78 is 8.01. The molecule has 0 radical (unpaired) electrons. The first-order chi connectivity index (χ1) is 12.5. The first-order valence-corrected chi connectivity index (χ1v) is 8.68. The zero-order valence-corrected chi connectivity index (χ0v) is 15.4. The van der Waals surface area contributed by atoms with Gasteiger partial charge in [0.1, 0.15) is 0 Å². The smallest absolute Gasteiger partial charge is 0.329 e. The van der Waals surface area contributed by atoms with E-state index >= 15 is 0 Å². The predicted octanol–water partition coefficient (Wildman–Crippen LogP) is 3.93. The molecule has 1 aromatic heterocycles. The van der Waals surface area contributed by atoms with Crippen molar-refractivity contribution in [3.8, 4) is 0 Å². The average molecular weight is 370 g/mol. The fourth-order valence-corrected chi connectivity index (χ4v) is 3.05. The molecule has 1 heterocycles. The minimum atomic E-state index is -0.399. The number of hydrogen-bond donors (Lipinski definition) is 2. The molecule has 0 aliphatic rings. The molecule has 0 atom stereocenters. The molecule has 0 saturated heterocycles. The van der Waals surface area contributed by atoms with Crippen molar-refractivity contribution in [1.29, 1.82) is 0 Å². The van der Waals surface area contributed by atoms with Gasteiger partial charge in [0.2, 0.25) is 0 Å². The number of fused-ring (bicyclic) bond motifs is 1. The lowest BCUT2D eigenvalue weighted by atomic mass is 10.1. The molecule has 0 aliphatic heterocycles. The highest BCUT2D eigenvalue weighted by Gasteiger charge is 2.15. The Morgan fingerprint density at radius 3 is 2.50 bits per heavy atom. The van der Waals surface area contributed by atoms with Crippen LogP contribution in [0.3, 0.4) is 0 Å². The number of benzene rings is 2. The van der Waals surface area contributed by atoms with Crippen molar-refractivity contribution in [2.24, 2.45) is 0 Å². The number of aromatic nitrogens is 1. The molecule has 3 rings (SSSR count). The Bertz CT molecular complexity index is 951. The standard InChI is InChI=1S/C18H18N4O3S/c1-11(23)12-7-9-13(10-8-12)19-18(24)21-26-17-16-14(22(2)3)5-4-6-15(16)25-20-17/h4-10H,1-3H3,(H2,19,21,24). The molecule has 2 N–H and O–H groups in total. The first-order valence-electron chi connectivity index (χ1n) is 7.86. The van der Waals surface area contributed by atoms with E-state index in [9.17, 15) is 9.59 Å². The lowest BCUT2D eigenvalue weighted by Gasteiger charge is -2.13. The summed E-state index contributed by atoms with van der Waals surface area (Å²) in [7, 11) is 3.86. The molecule has 2 aromatic carbocycles. The van der Waals surface area contributed by atoms with E-state index in [4.69, 9.17) is 4.52 Å². The number of nitrogens with one attached hydrogen (secondary N) is 2. The van der Waals surface area contributed by atoms with Crippen LogP contribution in [0.2, 0.25) is 0 Å². The van der Waals surface area contributed by atoms with Gasteiger partial charge in [0.05, 0.1) is 11.1 Å². The molecule has 8 heteroatoms. The van der Waals surface area contributed by atoms with Crippen LogP contribution in [-0.4, -0.2) is 31.1 Å². The van der Waals surface area contributed by atoms with Crippen LogP contribution in [0.25, 0.3) is 11.0 Å². The Balaban J connectivity index is 1.68. The Labute approximate surface area is 154 Å². The Morgan fingerprint density at radius 1 is 1.12 bits per heavy atom. The van der Waals surface area contributed by atoms with E-state index in [-0.39, 0.29) is 5.78 Å². The van der Waals surface area contributed by atoms with Crippen LogP contribution in [0.15, 0.2) is 52.0 Å². The van der Waals surface area contributed by atoms with E-state index in [1.54, 1.807) is 24.3 Å². The molecule has 26 heavy (non-hydrogen) atoms. The van der Waals surface area contributed by atoms with Gasteiger partial charge in [0.25, 0.3) is 0 Å². The fraction of sp³-hybridized carbons (Fsp3) is 0.167. The normalized spacial score (nSPS) is 10.6. The van der Waals surface area contributed by atoms with Crippen molar-refractivity contribution >= 4 is 46.1 Å². The van der Waals surface area contributed by atoms with E-state index in [1.807, 2.05) is 37.2 Å². The van der Waals surface area contributed by atoms with Gasteiger partial charge >= 0.3 is 6.03 Å². The van der Waals surface area contributed by atoms with Crippen LogP contribution in [0, 0.1) is 0 Å². The summed E-state index contributed by atoms with van der Waals surface area (Å²) in [5.41, 5.74) is 2.79. The van der Waals surface area contributed by atoms with E-state index < -0.39 is 6.03 Å². The van der Waals surface area contributed by atoms with Crippen molar-refractivity contribution in [3.63, 3.8) is 0 Å². The van der Waals surface area contributed by atoms with Crippen LogP contribution in [-0.2, 0) is 0 Å². The number of urea groups is 1. The number of hydrogen-bond acceptors (Lipinski definition) is 6. The van der Waals surface area contributed by atoms with Gasteiger partial charge in [-0.15, -0.1) is 0 Å². The van der Waals surface area contributed by atoms with Crippen LogP contribution < -0.4 is 14.9 Å². The second kappa shape index (κ2) is 7.49. The molecule has 0 unspecified atom stereocenters. The van der Waals surface area contributed by atoms with Gasteiger partial charge < -0.3 is 14.7 Å². The Hall–Kier alpha value is -3.00. The summed E-state index contributed by atoms with van der Waals surface area (Å²) in [5.74, 6) is -0.0221. The summed E-state index contributed by atoms with van der Waals surface area (Å²) in [6.07, 6.45) is 0. The van der Waals surface area contributed by atoms with Crippen LogP contribution in [0.1, 0.15) is 17.3 Å². The molecule has 7 nitrogen and oxygen atoms in total. The largest absolute Gasteiger partial charge is 0.377 e. The molecule has 0 fully saturated rings. The Kier molecular flexibility index (Phi) is 5.13. The molecule has 0 saturated carbocycles. The summed E-state index contributed by atoms with van der Waals surface area (Å²) in [5, 5.41) is 8.15. The van der Waals surface area contributed by atoms with Gasteiger partial charge in [0, 0.05) is 37.3 Å². The van der Waals surface area contributed by atoms with Gasteiger partial charge in [-0.1, -0.05) is 11.2 Å². The van der Waals surface area contributed by atoms with E-state index in [1.165, 1.54) is 6.92 Å². The molecular formula is C18H18N4O3S. The number of carbonyl (C=O) groups excluding carboxylic acids is 2. The third kappa shape index (κ3) is 3.80. The van der Waals surface area contributed by atoms with Crippen LogP contribution in [0.4, 0.5) is 16.2 Å². The third-order valence-corrected chi connectivity index (χ3v) is 4.48. The second-order valence-corrected chi connectivity index (χ2v) is 6.62. The highest BCUT2D eigenvalue weighted by molar-refractivity contribution is 7.98. The summed E-state index contributed by atoms with van der Waals surface area (Å²) in [6, 6.07) is 12.0. The molecular weight excluding hydrogens is 352 g/mol. The third-order valence-electron chi connectivity index (χ3n) is 3.72. The molecule has 3 aromatic rings. The number of amides is 2. The SMILES string of the molecule is CC(=O)c1ccc(NC(=O)NSc2noc3cccc(N(C)C)c23)cc1. The lowest BCUT2D eigenvalue weighted by molar-refractivity contribution is 0.101. The minimum Gasteiger partial charge on any atom is -0.377 e. The molecule has 0 bridgehead atoms. The van der Waals surface area contributed by atoms with Gasteiger partial charge in [0.15, 0.2) is 16.4 Å². The van der Waals surface area contributed by atoms with Crippen molar-refractivity contribution in [2.75, 3.05) is 24.3 Å². The van der Waals surface area contributed by atoms with Gasteiger partial charge in [-0.3, -0.25) is 9.52 Å². The lowest BCUT2D eigenvalue weighted by Crippen LogP contribution is -2.22. The number of carbonyl (C=O) groups is 2. The van der Waals surface area contributed by atoms with E-state index in [0.717, 1.165) is 23.0 Å². The molecule has 0 spiro atoms. The highest BCUT2D eigenvalue weighted by Crippen LogP contribution is 2.33. The first kappa shape index (κ1) is 17.8. The maximum atomic E-state index is 12.1. The Morgan fingerprint density at radius 2 is 1.85 bits per heavy atom. The predicted molar refractivity (Wildman–Crippen MR) is 103 cm³/mol. The van der Waals surface area contributed by atoms with E-state index in [0.29, 0.717) is 21.9 Å². The number of ketones is 1. The zero-order valence-electron chi connectivity index (χ0n) is 14.6. The van der Waals surface area contributed by atoms with Crippen LogP contribution >= 0.6 is 11.9 Å². The quantitative estimate of drug-likeness (QED) is 0.523. The number of anilines is 2. The van der Waals surface area contributed by atoms with Crippen molar-refractivity contribution in [1.82, 2.24) is 9.88 Å². The second-order valence-electron chi connectivity index (χ2n) is 5.82. The number of Topliss-reactive ketones (excluding diaryl/α,β-unsaturated/α-hetero) is 1. The van der Waals surface area contributed by atoms with Gasteiger partial charge in [-0.2, -0.15) is 0 Å². The fourth-order valence-electron chi connectivity index (χ4n) is 2.43. The summed E-state index contributed by atoms with van der Waals surface area (Å²) >= 11 is 1.08. The van der Waals surface area contributed by atoms with E-state index in [2.05, 4.69) is 15.2 Å². The minimum absolute atomic E-state index is 0.0221. The van der Waals surface area contributed by atoms with Gasteiger partial charge in [-0.05, 0) is 43.3 Å². The topological polar surface area (TPSA) is 87.5 Å².